The molecule has 164 valence electrons. The van der Waals surface area contributed by atoms with E-state index in [0.29, 0.717) is 0 Å². The third kappa shape index (κ3) is 6.81. The Hall–Kier alpha value is -3.00. The molecule has 0 N–H and O–H groups in total. The highest BCUT2D eigenvalue weighted by molar-refractivity contribution is 5.94. The number of carbonyl (C=O) groups is 4. The predicted molar refractivity (Wildman–Crippen MR) is 108 cm³/mol. The van der Waals surface area contributed by atoms with E-state index in [0.717, 1.165) is 0 Å². The Balaban J connectivity index is 3.32. The lowest BCUT2D eigenvalue weighted by atomic mass is 9.88. The summed E-state index contributed by atoms with van der Waals surface area (Å²) in [6.07, 6.45) is -3.66. The summed E-state index contributed by atoms with van der Waals surface area (Å²) in [5, 5.41) is 0. The molecule has 0 aromatic carbocycles. The molecule has 0 aromatic heterocycles. The van der Waals surface area contributed by atoms with E-state index in [9.17, 15) is 19.2 Å². The molecule has 8 nitrogen and oxygen atoms in total. The monoisotopic (exact) mass is 420 g/mol. The standard InChI is InChI=1S/C22H28O8/c1-11(2)16(23)9-15-18(29-20(25)13(5)6)17(28-19(24)12(3)4)10-27-22(15)30-21(26)14(7)8/h15,17-18,22H,1,3,5,7,9-10H2,2,4,6,8H3/t15-,17+,18-,22?/m0/s1. The lowest BCUT2D eigenvalue weighted by Crippen LogP contribution is -2.54. The van der Waals surface area contributed by atoms with Gasteiger partial charge in [-0.25, -0.2) is 14.4 Å². The predicted octanol–water partition coefficient (Wildman–Crippen LogP) is 2.59. The molecule has 0 aromatic rings. The van der Waals surface area contributed by atoms with Crippen LogP contribution in [0, 0.1) is 5.92 Å². The molecule has 0 saturated carbocycles. The molecule has 30 heavy (non-hydrogen) atoms. The maximum absolute atomic E-state index is 12.4. The van der Waals surface area contributed by atoms with Gasteiger partial charge in [0.05, 0.1) is 12.5 Å². The summed E-state index contributed by atoms with van der Waals surface area (Å²) in [6.45, 7) is 19.8. The molecule has 1 heterocycles. The van der Waals surface area contributed by atoms with Gasteiger partial charge in [-0.15, -0.1) is 0 Å². The number of ether oxygens (including phenoxy) is 4. The molecule has 8 heteroatoms. The Labute approximate surface area is 176 Å². The van der Waals surface area contributed by atoms with Crippen LogP contribution in [0.4, 0.5) is 0 Å². The molecule has 0 aliphatic carbocycles. The van der Waals surface area contributed by atoms with E-state index in [1.807, 2.05) is 0 Å². The van der Waals surface area contributed by atoms with Gasteiger partial charge in [0.15, 0.2) is 18.0 Å². The van der Waals surface area contributed by atoms with Crippen LogP contribution < -0.4 is 0 Å². The van der Waals surface area contributed by atoms with Crippen LogP contribution in [0.5, 0.6) is 0 Å². The normalized spacial score (nSPS) is 22.9. The van der Waals surface area contributed by atoms with E-state index in [4.69, 9.17) is 18.9 Å². The van der Waals surface area contributed by atoms with Crippen LogP contribution in [0.25, 0.3) is 0 Å². The summed E-state index contributed by atoms with van der Waals surface area (Å²) >= 11 is 0. The summed E-state index contributed by atoms with van der Waals surface area (Å²) in [4.78, 5) is 48.7. The quantitative estimate of drug-likeness (QED) is 0.318. The largest absolute Gasteiger partial charge is 0.454 e. The van der Waals surface area contributed by atoms with Gasteiger partial charge >= 0.3 is 17.9 Å². The molecule has 1 unspecified atom stereocenters. The van der Waals surface area contributed by atoms with Crippen molar-refractivity contribution in [1.82, 2.24) is 0 Å². The molecule has 0 radical (unpaired) electrons. The zero-order valence-electron chi connectivity index (χ0n) is 17.8. The Morgan fingerprint density at radius 3 is 1.70 bits per heavy atom. The van der Waals surface area contributed by atoms with Gasteiger partial charge in [0, 0.05) is 23.1 Å². The third-order valence-corrected chi connectivity index (χ3v) is 4.23. The molecule has 0 spiro atoms. The first-order valence-electron chi connectivity index (χ1n) is 9.24. The lowest BCUT2D eigenvalue weighted by molar-refractivity contribution is -0.251. The Bertz CT molecular complexity index is 725. The van der Waals surface area contributed by atoms with Gasteiger partial charge in [-0.2, -0.15) is 0 Å². The first kappa shape index (κ1) is 25.0. The summed E-state index contributed by atoms with van der Waals surface area (Å²) in [7, 11) is 0. The van der Waals surface area contributed by atoms with Gasteiger partial charge in [0.25, 0.3) is 0 Å². The zero-order valence-corrected chi connectivity index (χ0v) is 17.8. The number of hydrogen-bond acceptors (Lipinski definition) is 8. The van der Waals surface area contributed by atoms with E-state index in [1.54, 1.807) is 0 Å². The van der Waals surface area contributed by atoms with Crippen LogP contribution in [0.2, 0.25) is 0 Å². The number of rotatable bonds is 9. The topological polar surface area (TPSA) is 105 Å². The fraction of sp³-hybridized carbons (Fsp3) is 0.455. The fourth-order valence-electron chi connectivity index (χ4n) is 2.49. The van der Waals surface area contributed by atoms with Crippen molar-refractivity contribution in [3.05, 3.63) is 48.6 Å². The third-order valence-electron chi connectivity index (χ3n) is 4.23. The second-order valence-corrected chi connectivity index (χ2v) is 7.33. The number of Topliss-reactive ketones (excluding diaryl/α,β-unsaturated/α-hetero) is 1. The van der Waals surface area contributed by atoms with Crippen LogP contribution in [0.15, 0.2) is 48.6 Å². The summed E-state index contributed by atoms with van der Waals surface area (Å²) < 4.78 is 21.7. The summed E-state index contributed by atoms with van der Waals surface area (Å²) in [6, 6.07) is 0. The molecule has 1 aliphatic rings. The van der Waals surface area contributed by atoms with Gasteiger partial charge in [0.2, 0.25) is 6.29 Å². The number of allylic oxidation sites excluding steroid dienone is 1. The van der Waals surface area contributed by atoms with Crippen LogP contribution in [0.3, 0.4) is 0 Å². The minimum atomic E-state index is -1.24. The van der Waals surface area contributed by atoms with E-state index >= 15 is 0 Å². The molecule has 1 rings (SSSR count). The molecule has 1 aliphatic heterocycles. The Morgan fingerprint density at radius 2 is 1.23 bits per heavy atom. The summed E-state index contributed by atoms with van der Waals surface area (Å²) in [5.74, 6) is -3.53. The minimum absolute atomic E-state index is 0.104. The first-order valence-corrected chi connectivity index (χ1v) is 9.24. The number of esters is 3. The average molecular weight is 420 g/mol. The zero-order chi connectivity index (χ0) is 23.2. The molecular formula is C22H28O8. The van der Waals surface area contributed by atoms with Gasteiger partial charge in [-0.05, 0) is 33.3 Å². The van der Waals surface area contributed by atoms with Crippen LogP contribution in [-0.2, 0) is 38.1 Å². The highest BCUT2D eigenvalue weighted by Crippen LogP contribution is 2.32. The van der Waals surface area contributed by atoms with Crippen molar-refractivity contribution in [2.24, 2.45) is 5.92 Å². The van der Waals surface area contributed by atoms with Crippen molar-refractivity contribution >= 4 is 23.7 Å². The van der Waals surface area contributed by atoms with Crippen LogP contribution in [-0.4, -0.2) is 48.8 Å². The second-order valence-electron chi connectivity index (χ2n) is 7.33. The SMILES string of the molecule is C=C(C)C(=O)C[C@@H]1C(OC(=O)C(=C)C)OC[C@@H](OC(=O)C(=C)C)[C@H]1OC(=O)C(=C)C. The maximum atomic E-state index is 12.4. The number of carbonyl (C=O) groups excluding carboxylic acids is 4. The molecule has 4 atom stereocenters. The molecule has 0 bridgehead atoms. The van der Waals surface area contributed by atoms with Crippen molar-refractivity contribution in [3.8, 4) is 0 Å². The molecule has 0 amide bonds. The van der Waals surface area contributed by atoms with Crippen molar-refractivity contribution in [2.75, 3.05) is 6.61 Å². The van der Waals surface area contributed by atoms with Crippen molar-refractivity contribution in [2.45, 2.75) is 52.6 Å². The van der Waals surface area contributed by atoms with E-state index in [1.165, 1.54) is 27.7 Å². The molecule has 1 saturated heterocycles. The van der Waals surface area contributed by atoms with Crippen LogP contribution >= 0.6 is 0 Å². The molecule has 1 fully saturated rings. The van der Waals surface area contributed by atoms with E-state index in [-0.39, 0.29) is 41.1 Å². The second kappa shape index (κ2) is 10.7. The average Bonchev–Trinajstić information content (AvgIpc) is 2.64. The van der Waals surface area contributed by atoms with Gasteiger partial charge < -0.3 is 18.9 Å². The number of hydrogen-bond donors (Lipinski definition) is 0. The first-order chi connectivity index (χ1) is 13.8. The van der Waals surface area contributed by atoms with Gasteiger partial charge in [-0.1, -0.05) is 26.3 Å². The van der Waals surface area contributed by atoms with Crippen LogP contribution in [0.1, 0.15) is 34.1 Å². The number of ketones is 1. The Kier molecular flexibility index (Phi) is 8.92. The summed E-state index contributed by atoms with van der Waals surface area (Å²) in [5.41, 5.74) is 0.609. The van der Waals surface area contributed by atoms with Crippen molar-refractivity contribution in [1.29, 1.82) is 0 Å². The highest BCUT2D eigenvalue weighted by Gasteiger charge is 2.47. The van der Waals surface area contributed by atoms with Gasteiger partial charge in [0.1, 0.15) is 0 Å². The maximum Gasteiger partial charge on any atom is 0.335 e. The van der Waals surface area contributed by atoms with Crippen molar-refractivity contribution in [3.63, 3.8) is 0 Å². The van der Waals surface area contributed by atoms with E-state index in [2.05, 4.69) is 26.3 Å². The van der Waals surface area contributed by atoms with E-state index < -0.39 is 42.3 Å². The Morgan fingerprint density at radius 1 is 0.767 bits per heavy atom. The molecular weight excluding hydrogens is 392 g/mol. The van der Waals surface area contributed by atoms with Crippen molar-refractivity contribution < 1.29 is 38.1 Å². The highest BCUT2D eigenvalue weighted by atomic mass is 16.7. The smallest absolute Gasteiger partial charge is 0.335 e. The fourth-order valence-corrected chi connectivity index (χ4v) is 2.49. The van der Waals surface area contributed by atoms with Gasteiger partial charge in [-0.3, -0.25) is 4.79 Å². The minimum Gasteiger partial charge on any atom is -0.454 e. The lowest BCUT2D eigenvalue weighted by Gasteiger charge is -2.40.